The summed E-state index contributed by atoms with van der Waals surface area (Å²) >= 11 is 1.63. The van der Waals surface area contributed by atoms with Gasteiger partial charge in [-0.25, -0.2) is 9.97 Å². The minimum atomic E-state index is 0.749. The molecule has 122 valence electrons. The molecule has 22 heavy (non-hydrogen) atoms. The third kappa shape index (κ3) is 3.57. The fourth-order valence-corrected chi connectivity index (χ4v) is 4.26. The van der Waals surface area contributed by atoms with E-state index in [-0.39, 0.29) is 0 Å². The van der Waals surface area contributed by atoms with Gasteiger partial charge in [0.05, 0.1) is 0 Å². The number of rotatable bonds is 4. The molecule has 0 aromatic carbocycles. The number of likely N-dealkylation sites (tertiary alicyclic amines) is 1. The van der Waals surface area contributed by atoms with Crippen molar-refractivity contribution >= 4 is 17.6 Å². The van der Waals surface area contributed by atoms with Crippen LogP contribution < -0.4 is 4.90 Å². The summed E-state index contributed by atoms with van der Waals surface area (Å²) in [6.45, 7) is 9.38. The van der Waals surface area contributed by atoms with Gasteiger partial charge in [0.15, 0.2) is 5.16 Å². The minimum absolute atomic E-state index is 0.749. The standard InChI is InChI=1S/C17H28N4S/c1-13-12-16(19-17(18-13)22-3)21-10-6-15(7-11-21)14(2)20-8-4-5-9-20/h12,14-15H,4-11H2,1-3H3/t14-/m0/s1. The SMILES string of the molecule is CSc1nc(C)cc(N2CCC([C@H](C)N3CCCC3)CC2)n1. The van der Waals surface area contributed by atoms with Crippen LogP contribution in [0.15, 0.2) is 11.2 Å². The lowest BCUT2D eigenvalue weighted by Crippen LogP contribution is -2.43. The molecule has 0 bridgehead atoms. The Morgan fingerprint density at radius 2 is 1.82 bits per heavy atom. The first-order chi connectivity index (χ1) is 10.7. The molecule has 1 atom stereocenters. The van der Waals surface area contributed by atoms with Crippen LogP contribution >= 0.6 is 11.8 Å². The van der Waals surface area contributed by atoms with Crippen molar-refractivity contribution in [2.75, 3.05) is 37.3 Å². The first-order valence-electron chi connectivity index (χ1n) is 8.56. The maximum absolute atomic E-state index is 4.69. The highest BCUT2D eigenvalue weighted by Crippen LogP contribution is 2.29. The average Bonchev–Trinajstić information content (AvgIpc) is 3.08. The lowest BCUT2D eigenvalue weighted by molar-refractivity contribution is 0.167. The highest BCUT2D eigenvalue weighted by Gasteiger charge is 2.29. The lowest BCUT2D eigenvalue weighted by Gasteiger charge is -2.38. The van der Waals surface area contributed by atoms with Gasteiger partial charge in [0.2, 0.25) is 0 Å². The van der Waals surface area contributed by atoms with E-state index in [0.717, 1.165) is 41.7 Å². The van der Waals surface area contributed by atoms with Gasteiger partial charge in [-0.05, 0) is 64.8 Å². The second-order valence-corrected chi connectivity index (χ2v) is 7.44. The first kappa shape index (κ1) is 16.1. The van der Waals surface area contributed by atoms with Crippen molar-refractivity contribution in [2.45, 2.75) is 50.7 Å². The summed E-state index contributed by atoms with van der Waals surface area (Å²) in [4.78, 5) is 14.3. The zero-order chi connectivity index (χ0) is 15.5. The Morgan fingerprint density at radius 3 is 2.45 bits per heavy atom. The van der Waals surface area contributed by atoms with Crippen LogP contribution in [0, 0.1) is 12.8 Å². The van der Waals surface area contributed by atoms with Gasteiger partial charge < -0.3 is 9.80 Å². The molecular formula is C17H28N4S. The Labute approximate surface area is 138 Å². The summed E-state index contributed by atoms with van der Waals surface area (Å²) in [5.41, 5.74) is 1.07. The van der Waals surface area contributed by atoms with Gasteiger partial charge in [-0.15, -0.1) is 0 Å². The summed E-state index contributed by atoms with van der Waals surface area (Å²) in [5.74, 6) is 1.96. The lowest BCUT2D eigenvalue weighted by atomic mass is 9.89. The highest BCUT2D eigenvalue weighted by molar-refractivity contribution is 7.98. The maximum atomic E-state index is 4.69. The Bertz CT molecular complexity index is 493. The molecular weight excluding hydrogens is 292 g/mol. The third-order valence-corrected chi connectivity index (χ3v) is 5.81. The van der Waals surface area contributed by atoms with Crippen LogP contribution in [-0.4, -0.2) is 53.3 Å². The Hall–Kier alpha value is -0.810. The molecule has 1 aromatic rings. The summed E-state index contributed by atoms with van der Waals surface area (Å²) in [6.07, 6.45) is 7.40. The number of aromatic nitrogens is 2. The summed E-state index contributed by atoms with van der Waals surface area (Å²) in [5, 5.41) is 0.891. The van der Waals surface area contributed by atoms with Gasteiger partial charge in [0.25, 0.3) is 0 Å². The molecule has 0 amide bonds. The monoisotopic (exact) mass is 320 g/mol. The Morgan fingerprint density at radius 1 is 1.14 bits per heavy atom. The number of aryl methyl sites for hydroxylation is 1. The van der Waals surface area contributed by atoms with Gasteiger partial charge in [0.1, 0.15) is 5.82 Å². The Kier molecular flexibility index (Phi) is 5.24. The average molecular weight is 321 g/mol. The molecule has 0 unspecified atom stereocenters. The number of hydrogen-bond donors (Lipinski definition) is 0. The van der Waals surface area contributed by atoms with E-state index in [1.54, 1.807) is 11.8 Å². The van der Waals surface area contributed by atoms with E-state index < -0.39 is 0 Å². The largest absolute Gasteiger partial charge is 0.356 e. The fraction of sp³-hybridized carbons (Fsp3) is 0.765. The van der Waals surface area contributed by atoms with Gasteiger partial charge in [-0.2, -0.15) is 0 Å². The predicted molar refractivity (Wildman–Crippen MR) is 93.8 cm³/mol. The number of nitrogens with zero attached hydrogens (tertiary/aromatic N) is 4. The molecule has 1 aromatic heterocycles. The molecule has 0 aliphatic carbocycles. The van der Waals surface area contributed by atoms with Crippen LogP contribution in [0.4, 0.5) is 5.82 Å². The molecule has 0 saturated carbocycles. The van der Waals surface area contributed by atoms with Crippen molar-refractivity contribution < 1.29 is 0 Å². The van der Waals surface area contributed by atoms with Gasteiger partial charge in [-0.3, -0.25) is 0 Å². The predicted octanol–water partition coefficient (Wildman–Crippen LogP) is 3.21. The second kappa shape index (κ2) is 7.18. The van der Waals surface area contributed by atoms with E-state index in [9.17, 15) is 0 Å². The van der Waals surface area contributed by atoms with Crippen LogP contribution in [0.1, 0.15) is 38.3 Å². The van der Waals surface area contributed by atoms with Gasteiger partial charge in [-0.1, -0.05) is 11.8 Å². The molecule has 4 nitrogen and oxygen atoms in total. The van der Waals surface area contributed by atoms with Crippen molar-refractivity contribution in [3.63, 3.8) is 0 Å². The molecule has 2 saturated heterocycles. The summed E-state index contributed by atoms with van der Waals surface area (Å²) in [7, 11) is 0. The zero-order valence-corrected chi connectivity index (χ0v) is 14.9. The van der Waals surface area contributed by atoms with Crippen LogP contribution in [0.2, 0.25) is 0 Å². The van der Waals surface area contributed by atoms with E-state index in [4.69, 9.17) is 4.98 Å². The zero-order valence-electron chi connectivity index (χ0n) is 14.1. The second-order valence-electron chi connectivity index (χ2n) is 6.66. The molecule has 3 heterocycles. The molecule has 0 radical (unpaired) electrons. The fourth-order valence-electron chi connectivity index (χ4n) is 3.84. The van der Waals surface area contributed by atoms with E-state index in [0.29, 0.717) is 0 Å². The van der Waals surface area contributed by atoms with Crippen LogP contribution in [0.25, 0.3) is 0 Å². The van der Waals surface area contributed by atoms with E-state index in [1.165, 1.54) is 38.8 Å². The maximum Gasteiger partial charge on any atom is 0.189 e. The van der Waals surface area contributed by atoms with Crippen LogP contribution in [-0.2, 0) is 0 Å². The molecule has 2 aliphatic heterocycles. The van der Waals surface area contributed by atoms with Crippen molar-refractivity contribution in [2.24, 2.45) is 5.92 Å². The van der Waals surface area contributed by atoms with Crippen molar-refractivity contribution in [3.05, 3.63) is 11.8 Å². The van der Waals surface area contributed by atoms with Crippen molar-refractivity contribution in [3.8, 4) is 0 Å². The first-order valence-corrected chi connectivity index (χ1v) is 9.78. The van der Waals surface area contributed by atoms with Crippen LogP contribution in [0.3, 0.4) is 0 Å². The number of thioether (sulfide) groups is 1. The van der Waals surface area contributed by atoms with Gasteiger partial charge >= 0.3 is 0 Å². The molecule has 0 spiro atoms. The molecule has 3 rings (SSSR count). The minimum Gasteiger partial charge on any atom is -0.356 e. The topological polar surface area (TPSA) is 32.3 Å². The number of piperidine rings is 1. The van der Waals surface area contributed by atoms with E-state index in [1.807, 2.05) is 6.26 Å². The summed E-state index contributed by atoms with van der Waals surface area (Å²) in [6, 6.07) is 2.88. The summed E-state index contributed by atoms with van der Waals surface area (Å²) < 4.78 is 0. The van der Waals surface area contributed by atoms with Crippen molar-refractivity contribution in [1.82, 2.24) is 14.9 Å². The number of hydrogen-bond acceptors (Lipinski definition) is 5. The van der Waals surface area contributed by atoms with E-state index in [2.05, 4.69) is 34.7 Å². The van der Waals surface area contributed by atoms with Gasteiger partial charge in [0, 0.05) is 30.9 Å². The highest BCUT2D eigenvalue weighted by atomic mass is 32.2. The number of anilines is 1. The smallest absolute Gasteiger partial charge is 0.189 e. The molecule has 2 fully saturated rings. The third-order valence-electron chi connectivity index (χ3n) is 5.27. The molecule has 5 heteroatoms. The van der Waals surface area contributed by atoms with Crippen molar-refractivity contribution in [1.29, 1.82) is 0 Å². The van der Waals surface area contributed by atoms with E-state index >= 15 is 0 Å². The Balaban J connectivity index is 1.60. The quantitative estimate of drug-likeness (QED) is 0.628. The molecule has 2 aliphatic rings. The normalized spacial score (nSPS) is 22.2. The molecule has 0 N–H and O–H groups in total. The van der Waals surface area contributed by atoms with Crippen LogP contribution in [0.5, 0.6) is 0 Å².